The summed E-state index contributed by atoms with van der Waals surface area (Å²) in [4.78, 5) is 9.25. The fourth-order valence-electron chi connectivity index (χ4n) is 4.19. The molecule has 30 heavy (non-hydrogen) atoms. The SMILES string of the molecule is CN=C(NCC1CCN(CCOC)CC1)N1CC(C)OC(c2ccc(F)cc2)C1.I. The molecule has 0 aromatic heterocycles. The average Bonchev–Trinajstić information content (AvgIpc) is 2.73. The van der Waals surface area contributed by atoms with E-state index in [1.807, 2.05) is 19.2 Å². The van der Waals surface area contributed by atoms with E-state index in [1.54, 1.807) is 7.11 Å². The number of aliphatic imine (C=N–C) groups is 1. The van der Waals surface area contributed by atoms with Crippen LogP contribution in [-0.4, -0.2) is 81.9 Å². The second-order valence-corrected chi connectivity index (χ2v) is 8.10. The minimum absolute atomic E-state index is 0. The smallest absolute Gasteiger partial charge is 0.193 e. The van der Waals surface area contributed by atoms with Crippen LogP contribution in [0.15, 0.2) is 29.3 Å². The summed E-state index contributed by atoms with van der Waals surface area (Å²) < 4.78 is 24.6. The van der Waals surface area contributed by atoms with Gasteiger partial charge in [0.05, 0.1) is 19.3 Å². The van der Waals surface area contributed by atoms with Crippen molar-refractivity contribution in [2.24, 2.45) is 10.9 Å². The summed E-state index contributed by atoms with van der Waals surface area (Å²) in [6.07, 6.45) is 2.40. The summed E-state index contributed by atoms with van der Waals surface area (Å²) >= 11 is 0. The quantitative estimate of drug-likeness (QED) is 0.346. The number of halogens is 2. The largest absolute Gasteiger partial charge is 0.383 e. The Balaban J connectivity index is 0.00000320. The molecular formula is C22H36FIN4O2. The molecule has 0 aliphatic carbocycles. The molecule has 2 unspecified atom stereocenters. The number of rotatable bonds is 6. The molecule has 1 aromatic rings. The van der Waals surface area contributed by atoms with Gasteiger partial charge in [-0.25, -0.2) is 4.39 Å². The van der Waals surface area contributed by atoms with Crippen LogP contribution < -0.4 is 5.32 Å². The molecule has 2 saturated heterocycles. The van der Waals surface area contributed by atoms with Gasteiger partial charge in [-0.05, 0) is 56.5 Å². The maximum absolute atomic E-state index is 13.3. The maximum Gasteiger partial charge on any atom is 0.193 e. The van der Waals surface area contributed by atoms with E-state index >= 15 is 0 Å². The van der Waals surface area contributed by atoms with Crippen molar-refractivity contribution in [1.82, 2.24) is 15.1 Å². The van der Waals surface area contributed by atoms with E-state index in [4.69, 9.17) is 9.47 Å². The summed E-state index contributed by atoms with van der Waals surface area (Å²) in [5, 5.41) is 3.59. The lowest BCUT2D eigenvalue weighted by atomic mass is 9.97. The summed E-state index contributed by atoms with van der Waals surface area (Å²) in [6, 6.07) is 6.61. The van der Waals surface area contributed by atoms with Gasteiger partial charge in [0.1, 0.15) is 11.9 Å². The van der Waals surface area contributed by atoms with Crippen LogP contribution in [0.3, 0.4) is 0 Å². The molecule has 6 nitrogen and oxygen atoms in total. The van der Waals surface area contributed by atoms with Crippen molar-refractivity contribution in [3.63, 3.8) is 0 Å². The van der Waals surface area contributed by atoms with Crippen molar-refractivity contribution in [1.29, 1.82) is 0 Å². The number of guanidine groups is 1. The second-order valence-electron chi connectivity index (χ2n) is 8.10. The van der Waals surface area contributed by atoms with Crippen LogP contribution in [-0.2, 0) is 9.47 Å². The molecule has 2 heterocycles. The van der Waals surface area contributed by atoms with Crippen molar-refractivity contribution < 1.29 is 13.9 Å². The lowest BCUT2D eigenvalue weighted by Gasteiger charge is -2.39. The normalized spacial score (nSPS) is 23.9. The van der Waals surface area contributed by atoms with Crippen LogP contribution in [0, 0.1) is 11.7 Å². The standard InChI is InChI=1S/C22H35FN4O2.HI/c1-17-15-27(16-21(29-17)19-4-6-20(23)7-5-19)22(24-2)25-14-18-8-10-26(11-9-18)12-13-28-3;/h4-7,17-18,21H,8-16H2,1-3H3,(H,24,25);1H. The van der Waals surface area contributed by atoms with Crippen LogP contribution in [0.5, 0.6) is 0 Å². The lowest BCUT2D eigenvalue weighted by molar-refractivity contribution is -0.0605. The predicted octanol–water partition coefficient (Wildman–Crippen LogP) is 3.14. The van der Waals surface area contributed by atoms with Crippen LogP contribution in [0.25, 0.3) is 0 Å². The molecule has 1 N–H and O–H groups in total. The van der Waals surface area contributed by atoms with Gasteiger partial charge >= 0.3 is 0 Å². The highest BCUT2D eigenvalue weighted by molar-refractivity contribution is 14.0. The van der Waals surface area contributed by atoms with Gasteiger partial charge in [-0.3, -0.25) is 4.99 Å². The lowest BCUT2D eigenvalue weighted by Crippen LogP contribution is -2.51. The van der Waals surface area contributed by atoms with Crippen molar-refractivity contribution in [2.75, 3.05) is 60.0 Å². The minimum Gasteiger partial charge on any atom is -0.383 e. The number of nitrogens with one attached hydrogen (secondary N) is 1. The van der Waals surface area contributed by atoms with Crippen LogP contribution in [0.2, 0.25) is 0 Å². The van der Waals surface area contributed by atoms with E-state index < -0.39 is 0 Å². The topological polar surface area (TPSA) is 49.3 Å². The second kappa shape index (κ2) is 12.8. The molecule has 8 heteroatoms. The maximum atomic E-state index is 13.3. The van der Waals surface area contributed by atoms with Crippen molar-refractivity contribution in [2.45, 2.75) is 32.0 Å². The third kappa shape index (κ3) is 7.32. The Morgan fingerprint density at radius 2 is 1.93 bits per heavy atom. The van der Waals surface area contributed by atoms with Gasteiger partial charge in [-0.15, -0.1) is 24.0 Å². The van der Waals surface area contributed by atoms with Crippen molar-refractivity contribution in [3.05, 3.63) is 35.6 Å². The number of methoxy groups -OCH3 is 1. The molecule has 0 spiro atoms. The highest BCUT2D eigenvalue weighted by Crippen LogP contribution is 2.25. The van der Waals surface area contributed by atoms with Crippen LogP contribution >= 0.6 is 24.0 Å². The van der Waals surface area contributed by atoms with Gasteiger partial charge in [0, 0.05) is 33.8 Å². The summed E-state index contributed by atoms with van der Waals surface area (Å²) in [7, 11) is 3.60. The first-order valence-corrected chi connectivity index (χ1v) is 10.7. The van der Waals surface area contributed by atoms with Crippen molar-refractivity contribution >= 4 is 29.9 Å². The third-order valence-corrected chi connectivity index (χ3v) is 5.88. The predicted molar refractivity (Wildman–Crippen MR) is 129 cm³/mol. The molecule has 170 valence electrons. The number of likely N-dealkylation sites (tertiary alicyclic amines) is 1. The molecule has 2 fully saturated rings. The summed E-state index contributed by atoms with van der Waals surface area (Å²) in [6.45, 7) is 8.63. The number of piperidine rings is 1. The Morgan fingerprint density at radius 3 is 2.57 bits per heavy atom. The van der Waals surface area contributed by atoms with Gasteiger partial charge in [-0.2, -0.15) is 0 Å². The summed E-state index contributed by atoms with van der Waals surface area (Å²) in [5.74, 6) is 1.37. The molecule has 0 radical (unpaired) electrons. The Labute approximate surface area is 197 Å². The van der Waals surface area contributed by atoms with Gasteiger partial charge in [-0.1, -0.05) is 12.1 Å². The third-order valence-electron chi connectivity index (χ3n) is 5.88. The molecule has 3 rings (SSSR count). The molecule has 2 aliphatic rings. The average molecular weight is 534 g/mol. The number of morpholine rings is 1. The molecule has 0 bridgehead atoms. The van der Waals surface area contributed by atoms with E-state index in [9.17, 15) is 4.39 Å². The molecule has 2 atom stereocenters. The zero-order valence-electron chi connectivity index (χ0n) is 18.3. The van der Waals surface area contributed by atoms with Gasteiger partial charge in [0.15, 0.2) is 5.96 Å². The monoisotopic (exact) mass is 534 g/mol. The zero-order valence-corrected chi connectivity index (χ0v) is 20.7. The van der Waals surface area contributed by atoms with E-state index in [-0.39, 0.29) is 42.0 Å². The highest BCUT2D eigenvalue weighted by atomic mass is 127. The van der Waals surface area contributed by atoms with Gasteiger partial charge in [0.2, 0.25) is 0 Å². The first-order chi connectivity index (χ1) is 14.1. The number of nitrogens with zero attached hydrogens (tertiary/aromatic N) is 3. The molecule has 2 aliphatic heterocycles. The van der Waals surface area contributed by atoms with E-state index in [0.29, 0.717) is 12.5 Å². The molecule has 1 aromatic carbocycles. The fourth-order valence-corrected chi connectivity index (χ4v) is 4.19. The number of hydrogen-bond acceptors (Lipinski definition) is 4. The summed E-state index contributed by atoms with van der Waals surface area (Å²) in [5.41, 5.74) is 1.00. The number of benzene rings is 1. The fraction of sp³-hybridized carbons (Fsp3) is 0.682. The van der Waals surface area contributed by atoms with Crippen LogP contribution in [0.1, 0.15) is 31.4 Å². The van der Waals surface area contributed by atoms with Crippen molar-refractivity contribution in [3.8, 4) is 0 Å². The highest BCUT2D eigenvalue weighted by Gasteiger charge is 2.29. The minimum atomic E-state index is -0.222. The zero-order chi connectivity index (χ0) is 20.6. The Kier molecular flexibility index (Phi) is 10.8. The Hall–Kier alpha value is -0.970. The Morgan fingerprint density at radius 1 is 1.23 bits per heavy atom. The van der Waals surface area contributed by atoms with E-state index in [0.717, 1.165) is 50.9 Å². The Bertz CT molecular complexity index is 653. The van der Waals surface area contributed by atoms with E-state index in [2.05, 4.69) is 27.0 Å². The number of ether oxygens (including phenoxy) is 2. The number of hydrogen-bond donors (Lipinski definition) is 1. The molecule has 0 saturated carbocycles. The molecule has 0 amide bonds. The van der Waals surface area contributed by atoms with Gasteiger partial charge < -0.3 is 24.6 Å². The van der Waals surface area contributed by atoms with E-state index in [1.165, 1.54) is 25.0 Å². The van der Waals surface area contributed by atoms with Crippen LogP contribution in [0.4, 0.5) is 4.39 Å². The molecular weight excluding hydrogens is 498 g/mol. The van der Waals surface area contributed by atoms with Gasteiger partial charge in [0.25, 0.3) is 0 Å². The first kappa shape index (κ1) is 25.3. The first-order valence-electron chi connectivity index (χ1n) is 10.7.